The van der Waals surface area contributed by atoms with Gasteiger partial charge in [0.2, 0.25) is 0 Å². The third-order valence-electron chi connectivity index (χ3n) is 4.91. The molecule has 23 heavy (non-hydrogen) atoms. The molecular formula is C19H23N3S. The molecule has 0 aromatic heterocycles. The van der Waals surface area contributed by atoms with Crippen LogP contribution in [0, 0.1) is 0 Å². The summed E-state index contributed by atoms with van der Waals surface area (Å²) in [5.74, 6) is 0. The molecule has 2 aliphatic rings. The van der Waals surface area contributed by atoms with E-state index in [9.17, 15) is 0 Å². The van der Waals surface area contributed by atoms with Gasteiger partial charge >= 0.3 is 0 Å². The number of hydrogen-bond donors (Lipinski definition) is 0. The Morgan fingerprint density at radius 3 is 2.17 bits per heavy atom. The van der Waals surface area contributed by atoms with Crippen molar-refractivity contribution in [2.45, 2.75) is 15.8 Å². The van der Waals surface area contributed by atoms with Crippen LogP contribution in [0.15, 0.2) is 58.3 Å². The molecule has 0 amide bonds. The van der Waals surface area contributed by atoms with Crippen LogP contribution in [0.2, 0.25) is 0 Å². The fourth-order valence-corrected chi connectivity index (χ4v) is 4.58. The molecule has 0 N–H and O–H groups in total. The number of likely N-dealkylation sites (N-methyl/N-ethyl adjacent to an activating group) is 2. The van der Waals surface area contributed by atoms with E-state index in [4.69, 9.17) is 0 Å². The summed E-state index contributed by atoms with van der Waals surface area (Å²) in [4.78, 5) is 10.2. The molecule has 3 nitrogen and oxygen atoms in total. The molecule has 4 rings (SSSR count). The summed E-state index contributed by atoms with van der Waals surface area (Å²) in [7, 11) is 4.49. The summed E-state index contributed by atoms with van der Waals surface area (Å²) >= 11 is 1.88. The second-order valence-corrected chi connectivity index (χ2v) is 7.63. The highest BCUT2D eigenvalue weighted by Gasteiger charge is 2.29. The number of piperazine rings is 1. The van der Waals surface area contributed by atoms with Crippen molar-refractivity contribution in [3.05, 3.63) is 48.5 Å². The van der Waals surface area contributed by atoms with Gasteiger partial charge in [0.05, 0.1) is 11.4 Å². The van der Waals surface area contributed by atoms with E-state index in [2.05, 4.69) is 77.3 Å². The van der Waals surface area contributed by atoms with Gasteiger partial charge in [-0.3, -0.25) is 4.90 Å². The minimum absolute atomic E-state index is 0.554. The number of benzene rings is 2. The third kappa shape index (κ3) is 2.87. The number of nitrogens with zero attached hydrogens (tertiary/aromatic N) is 3. The monoisotopic (exact) mass is 325 g/mol. The molecule has 2 aliphatic heterocycles. The van der Waals surface area contributed by atoms with E-state index < -0.39 is 0 Å². The fraction of sp³-hybridized carbons (Fsp3) is 0.368. The number of anilines is 2. The predicted molar refractivity (Wildman–Crippen MR) is 97.9 cm³/mol. The number of para-hydroxylation sites is 2. The summed E-state index contributed by atoms with van der Waals surface area (Å²) in [5, 5.41) is 0. The molecule has 2 aromatic carbocycles. The van der Waals surface area contributed by atoms with E-state index in [-0.39, 0.29) is 0 Å². The summed E-state index contributed by atoms with van der Waals surface area (Å²) in [5.41, 5.74) is 2.69. The van der Waals surface area contributed by atoms with Gasteiger partial charge in [-0.1, -0.05) is 36.0 Å². The summed E-state index contributed by atoms with van der Waals surface area (Å²) < 4.78 is 0. The van der Waals surface area contributed by atoms with Crippen LogP contribution in [0.1, 0.15) is 0 Å². The number of rotatable bonds is 2. The smallest absolute Gasteiger partial charge is 0.0553 e. The molecule has 0 aliphatic carbocycles. The van der Waals surface area contributed by atoms with E-state index >= 15 is 0 Å². The van der Waals surface area contributed by atoms with Gasteiger partial charge in [-0.15, -0.1) is 0 Å². The van der Waals surface area contributed by atoms with Crippen molar-refractivity contribution in [3.63, 3.8) is 0 Å². The Morgan fingerprint density at radius 2 is 1.52 bits per heavy atom. The molecule has 1 saturated heterocycles. The van der Waals surface area contributed by atoms with Crippen LogP contribution in [0.25, 0.3) is 0 Å². The molecule has 1 unspecified atom stereocenters. The standard InChI is InChI=1S/C19H23N3S/c1-20-11-12-21(2)15(13-20)14-22-16-7-3-5-9-18(16)23-19-10-6-4-8-17(19)22/h3-10,15H,11-14H2,1-2H3. The first kappa shape index (κ1) is 15.1. The zero-order valence-electron chi connectivity index (χ0n) is 13.8. The van der Waals surface area contributed by atoms with Crippen LogP contribution in [-0.4, -0.2) is 56.1 Å². The first-order valence-electron chi connectivity index (χ1n) is 8.24. The van der Waals surface area contributed by atoms with Gasteiger partial charge < -0.3 is 9.80 Å². The lowest BCUT2D eigenvalue weighted by molar-refractivity contribution is 0.119. The molecule has 120 valence electrons. The van der Waals surface area contributed by atoms with E-state index in [0.29, 0.717) is 6.04 Å². The van der Waals surface area contributed by atoms with Gasteiger partial charge in [-0.05, 0) is 38.4 Å². The first-order chi connectivity index (χ1) is 11.2. The molecule has 0 saturated carbocycles. The second kappa shape index (κ2) is 6.19. The average molecular weight is 325 g/mol. The van der Waals surface area contributed by atoms with Crippen LogP contribution < -0.4 is 4.90 Å². The zero-order valence-corrected chi connectivity index (χ0v) is 14.6. The van der Waals surface area contributed by atoms with E-state index in [0.717, 1.165) is 26.2 Å². The SMILES string of the molecule is CN1CCN(C)C(CN2c3ccccc3Sc3ccccc32)C1. The van der Waals surface area contributed by atoms with Crippen molar-refractivity contribution in [1.82, 2.24) is 9.80 Å². The Kier molecular flexibility index (Phi) is 4.05. The van der Waals surface area contributed by atoms with Crippen LogP contribution in [-0.2, 0) is 0 Å². The van der Waals surface area contributed by atoms with Crippen molar-refractivity contribution in [2.24, 2.45) is 0 Å². The van der Waals surface area contributed by atoms with Gasteiger partial charge in [0.25, 0.3) is 0 Å². The summed E-state index contributed by atoms with van der Waals surface area (Å²) in [6.07, 6.45) is 0. The maximum atomic E-state index is 2.52. The van der Waals surface area contributed by atoms with Gasteiger partial charge in [0.15, 0.2) is 0 Å². The maximum absolute atomic E-state index is 2.52. The molecule has 1 atom stereocenters. The van der Waals surface area contributed by atoms with E-state index in [1.165, 1.54) is 21.2 Å². The highest BCUT2D eigenvalue weighted by Crippen LogP contribution is 2.47. The Bertz CT molecular complexity index is 657. The molecule has 0 spiro atoms. The van der Waals surface area contributed by atoms with Crippen LogP contribution in [0.3, 0.4) is 0 Å². The van der Waals surface area contributed by atoms with Gasteiger partial charge in [-0.25, -0.2) is 0 Å². The zero-order chi connectivity index (χ0) is 15.8. The van der Waals surface area contributed by atoms with E-state index in [1.807, 2.05) is 11.8 Å². The summed E-state index contributed by atoms with van der Waals surface area (Å²) in [6.45, 7) is 4.48. The van der Waals surface area contributed by atoms with Crippen molar-refractivity contribution in [2.75, 3.05) is 45.2 Å². The fourth-order valence-electron chi connectivity index (χ4n) is 3.49. The van der Waals surface area contributed by atoms with Crippen LogP contribution in [0.5, 0.6) is 0 Å². The minimum Gasteiger partial charge on any atom is -0.338 e. The van der Waals surface area contributed by atoms with Gasteiger partial charge in [-0.2, -0.15) is 0 Å². The van der Waals surface area contributed by atoms with Crippen molar-refractivity contribution < 1.29 is 0 Å². The second-order valence-electron chi connectivity index (χ2n) is 6.54. The largest absolute Gasteiger partial charge is 0.338 e. The van der Waals surface area contributed by atoms with Crippen molar-refractivity contribution >= 4 is 23.1 Å². The average Bonchev–Trinajstić information content (AvgIpc) is 2.58. The molecule has 1 fully saturated rings. The van der Waals surface area contributed by atoms with Crippen LogP contribution in [0.4, 0.5) is 11.4 Å². The van der Waals surface area contributed by atoms with E-state index in [1.54, 1.807) is 0 Å². The molecule has 0 radical (unpaired) electrons. The maximum Gasteiger partial charge on any atom is 0.0553 e. The van der Waals surface area contributed by atoms with Gasteiger partial charge in [0, 0.05) is 42.0 Å². The minimum atomic E-state index is 0.554. The number of fused-ring (bicyclic) bond motifs is 2. The lowest BCUT2D eigenvalue weighted by Crippen LogP contribution is -2.54. The number of hydrogen-bond acceptors (Lipinski definition) is 4. The molecule has 2 heterocycles. The topological polar surface area (TPSA) is 9.72 Å². The Morgan fingerprint density at radius 1 is 0.913 bits per heavy atom. The predicted octanol–water partition coefficient (Wildman–Crippen LogP) is 3.54. The highest BCUT2D eigenvalue weighted by atomic mass is 32.2. The quantitative estimate of drug-likeness (QED) is 0.835. The Balaban J connectivity index is 1.70. The first-order valence-corrected chi connectivity index (χ1v) is 9.06. The third-order valence-corrected chi connectivity index (χ3v) is 6.04. The van der Waals surface area contributed by atoms with Crippen LogP contribution >= 0.6 is 11.8 Å². The van der Waals surface area contributed by atoms with Crippen molar-refractivity contribution in [3.8, 4) is 0 Å². The summed E-state index contributed by atoms with van der Waals surface area (Å²) in [6, 6.07) is 18.1. The molecule has 2 aromatic rings. The lowest BCUT2D eigenvalue weighted by Gasteiger charge is -2.42. The van der Waals surface area contributed by atoms with Crippen molar-refractivity contribution in [1.29, 1.82) is 0 Å². The lowest BCUT2D eigenvalue weighted by atomic mass is 10.1. The highest BCUT2D eigenvalue weighted by molar-refractivity contribution is 7.99. The molecule has 0 bridgehead atoms. The Labute approximate surface area is 142 Å². The normalized spacial score (nSPS) is 21.8. The molecule has 4 heteroatoms. The Hall–Kier alpha value is -1.49. The molecular weight excluding hydrogens is 302 g/mol. The van der Waals surface area contributed by atoms with Gasteiger partial charge in [0.1, 0.15) is 0 Å².